The van der Waals surface area contributed by atoms with Crippen LogP contribution in [0.2, 0.25) is 0 Å². The number of carboxylic acids is 1. The third-order valence-electron chi connectivity index (χ3n) is 5.02. The number of aryl methyl sites for hydroxylation is 2. The molecule has 31 heavy (non-hydrogen) atoms. The molecule has 164 valence electrons. The standard InChI is InChI=1S/C22H28N6O3/c1-31-22-26-13-16(14-27-22)19(12-20(29)30)24-11-9-17(23)5-2-6-18-8-7-15-4-3-10-25-21(15)28-18/h7-9,11,13-14,19,23-24H,2-6,10,12H2,1H3,(H,25,28)(H,29,30)/b11-9-,23-17?. The van der Waals surface area contributed by atoms with Gasteiger partial charge in [0.15, 0.2) is 0 Å². The molecule has 0 fully saturated rings. The Bertz CT molecular complexity index is 929. The number of hydrogen-bond acceptors (Lipinski definition) is 8. The number of nitrogens with one attached hydrogen (secondary N) is 3. The van der Waals surface area contributed by atoms with E-state index < -0.39 is 12.0 Å². The van der Waals surface area contributed by atoms with Crippen LogP contribution in [0.3, 0.4) is 0 Å². The largest absolute Gasteiger partial charge is 0.481 e. The van der Waals surface area contributed by atoms with Gasteiger partial charge in [-0.2, -0.15) is 0 Å². The molecule has 0 bridgehead atoms. The average molecular weight is 425 g/mol. The van der Waals surface area contributed by atoms with Crippen LogP contribution in [0, 0.1) is 5.41 Å². The van der Waals surface area contributed by atoms with Gasteiger partial charge in [0, 0.05) is 35.9 Å². The average Bonchev–Trinajstić information content (AvgIpc) is 2.78. The van der Waals surface area contributed by atoms with Gasteiger partial charge < -0.3 is 25.9 Å². The van der Waals surface area contributed by atoms with Gasteiger partial charge in [0.1, 0.15) is 5.82 Å². The van der Waals surface area contributed by atoms with Gasteiger partial charge >= 0.3 is 12.0 Å². The zero-order chi connectivity index (χ0) is 22.1. The van der Waals surface area contributed by atoms with Gasteiger partial charge in [-0.3, -0.25) is 4.79 Å². The molecule has 0 radical (unpaired) electrons. The molecule has 1 aliphatic rings. The Hall–Kier alpha value is -3.49. The monoisotopic (exact) mass is 424 g/mol. The lowest BCUT2D eigenvalue weighted by Crippen LogP contribution is -2.20. The molecule has 1 atom stereocenters. The quantitative estimate of drug-likeness (QED) is 0.405. The summed E-state index contributed by atoms with van der Waals surface area (Å²) < 4.78 is 4.93. The van der Waals surface area contributed by atoms with Crippen LogP contribution in [-0.4, -0.2) is 45.4 Å². The Morgan fingerprint density at radius 3 is 2.94 bits per heavy atom. The second kappa shape index (κ2) is 11.1. The summed E-state index contributed by atoms with van der Waals surface area (Å²) in [6.45, 7) is 0.970. The third-order valence-corrected chi connectivity index (χ3v) is 5.02. The Kier molecular flexibility index (Phi) is 7.91. The van der Waals surface area contributed by atoms with Crippen molar-refractivity contribution in [1.82, 2.24) is 20.3 Å². The first-order chi connectivity index (χ1) is 15.0. The maximum absolute atomic E-state index is 11.2. The zero-order valence-electron chi connectivity index (χ0n) is 17.6. The number of rotatable bonds is 11. The summed E-state index contributed by atoms with van der Waals surface area (Å²) in [5.41, 5.74) is 3.40. The van der Waals surface area contributed by atoms with Gasteiger partial charge in [0.2, 0.25) is 0 Å². The number of anilines is 1. The van der Waals surface area contributed by atoms with Crippen molar-refractivity contribution >= 4 is 17.5 Å². The maximum atomic E-state index is 11.2. The van der Waals surface area contributed by atoms with Crippen molar-refractivity contribution in [3.63, 3.8) is 0 Å². The lowest BCUT2D eigenvalue weighted by molar-refractivity contribution is -0.137. The van der Waals surface area contributed by atoms with Crippen molar-refractivity contribution in [3.8, 4) is 6.01 Å². The van der Waals surface area contributed by atoms with Crippen molar-refractivity contribution in [2.24, 2.45) is 0 Å². The molecule has 2 aromatic heterocycles. The molecular weight excluding hydrogens is 396 g/mol. The fraction of sp³-hybridized carbons (Fsp3) is 0.409. The zero-order valence-corrected chi connectivity index (χ0v) is 17.6. The number of aliphatic carboxylic acids is 1. The minimum atomic E-state index is -0.941. The minimum Gasteiger partial charge on any atom is -0.481 e. The van der Waals surface area contributed by atoms with Gasteiger partial charge in [-0.1, -0.05) is 6.07 Å². The number of methoxy groups -OCH3 is 1. The van der Waals surface area contributed by atoms with Gasteiger partial charge in [-0.25, -0.2) is 15.0 Å². The van der Waals surface area contributed by atoms with Crippen molar-refractivity contribution in [1.29, 1.82) is 5.41 Å². The van der Waals surface area contributed by atoms with Crippen LogP contribution in [0.1, 0.15) is 48.5 Å². The Labute approximate surface area is 181 Å². The van der Waals surface area contributed by atoms with E-state index in [9.17, 15) is 9.90 Å². The smallest absolute Gasteiger partial charge is 0.316 e. The first-order valence-corrected chi connectivity index (χ1v) is 10.4. The molecule has 1 aliphatic heterocycles. The SMILES string of the molecule is COc1ncc(C(CC(=O)O)N/C=C\C(=N)CCCc2ccc3c(n2)NCCC3)cn1. The van der Waals surface area contributed by atoms with Gasteiger partial charge in [0.05, 0.1) is 19.6 Å². The van der Waals surface area contributed by atoms with E-state index >= 15 is 0 Å². The third kappa shape index (κ3) is 6.77. The van der Waals surface area contributed by atoms with E-state index in [4.69, 9.17) is 10.1 Å². The number of aromatic nitrogens is 3. The van der Waals surface area contributed by atoms with E-state index in [1.54, 1.807) is 12.3 Å². The summed E-state index contributed by atoms with van der Waals surface area (Å²) in [5.74, 6) is 0.0544. The molecule has 9 nitrogen and oxygen atoms in total. The van der Waals surface area contributed by atoms with E-state index in [0.717, 1.165) is 43.7 Å². The van der Waals surface area contributed by atoms with E-state index in [0.29, 0.717) is 17.7 Å². The van der Waals surface area contributed by atoms with E-state index in [2.05, 4.69) is 37.7 Å². The second-order valence-electron chi connectivity index (χ2n) is 7.37. The van der Waals surface area contributed by atoms with E-state index in [1.807, 2.05) is 0 Å². The highest BCUT2D eigenvalue weighted by Crippen LogP contribution is 2.20. The number of carboxylic acid groups (broad SMARTS) is 1. The second-order valence-corrected chi connectivity index (χ2v) is 7.37. The molecule has 2 aromatic rings. The predicted octanol–water partition coefficient (Wildman–Crippen LogP) is 2.90. The predicted molar refractivity (Wildman–Crippen MR) is 118 cm³/mol. The molecule has 3 heterocycles. The molecule has 0 amide bonds. The fourth-order valence-corrected chi connectivity index (χ4v) is 3.38. The topological polar surface area (TPSA) is 133 Å². The first kappa shape index (κ1) is 22.2. The Morgan fingerprint density at radius 2 is 2.19 bits per heavy atom. The Balaban J connectivity index is 1.47. The van der Waals surface area contributed by atoms with Crippen LogP contribution in [0.25, 0.3) is 0 Å². The molecule has 4 N–H and O–H groups in total. The fourth-order valence-electron chi connectivity index (χ4n) is 3.38. The number of hydrogen-bond donors (Lipinski definition) is 4. The van der Waals surface area contributed by atoms with Gasteiger partial charge in [0.25, 0.3) is 0 Å². The molecule has 0 saturated heterocycles. The Morgan fingerprint density at radius 1 is 1.39 bits per heavy atom. The number of carbonyl (C=O) groups is 1. The minimum absolute atomic E-state index is 0.134. The van der Waals surface area contributed by atoms with Gasteiger partial charge in [-0.15, -0.1) is 0 Å². The number of pyridine rings is 1. The van der Waals surface area contributed by atoms with Crippen molar-refractivity contribution < 1.29 is 14.6 Å². The number of allylic oxidation sites excluding steroid dienone is 1. The number of fused-ring (bicyclic) bond motifs is 1. The van der Waals surface area contributed by atoms with Crippen molar-refractivity contribution in [3.05, 3.63) is 53.6 Å². The summed E-state index contributed by atoms with van der Waals surface area (Å²) in [5, 5.41) is 23.7. The summed E-state index contributed by atoms with van der Waals surface area (Å²) >= 11 is 0. The van der Waals surface area contributed by atoms with Crippen molar-refractivity contribution in [2.45, 2.75) is 44.6 Å². The van der Waals surface area contributed by atoms with Crippen molar-refractivity contribution in [2.75, 3.05) is 19.0 Å². The molecule has 0 spiro atoms. The van der Waals surface area contributed by atoms with Crippen LogP contribution in [0.5, 0.6) is 6.01 Å². The molecule has 0 saturated carbocycles. The maximum Gasteiger partial charge on any atom is 0.316 e. The highest BCUT2D eigenvalue weighted by atomic mass is 16.5. The van der Waals surface area contributed by atoms with Crippen LogP contribution in [-0.2, 0) is 17.6 Å². The lowest BCUT2D eigenvalue weighted by Gasteiger charge is -2.17. The molecule has 0 aromatic carbocycles. The normalized spacial score (nSPS) is 13.8. The summed E-state index contributed by atoms with van der Waals surface area (Å²) in [6, 6.07) is 3.93. The first-order valence-electron chi connectivity index (χ1n) is 10.4. The summed E-state index contributed by atoms with van der Waals surface area (Å²) in [4.78, 5) is 23.9. The van der Waals surface area contributed by atoms with Gasteiger partial charge in [-0.05, 0) is 56.0 Å². The number of ether oxygens (including phenoxy) is 1. The molecule has 0 aliphatic carbocycles. The summed E-state index contributed by atoms with van der Waals surface area (Å²) in [6.07, 6.45) is 10.7. The lowest BCUT2D eigenvalue weighted by atomic mass is 10.1. The van der Waals surface area contributed by atoms with Crippen LogP contribution >= 0.6 is 0 Å². The van der Waals surface area contributed by atoms with Crippen LogP contribution in [0.4, 0.5) is 5.82 Å². The van der Waals surface area contributed by atoms with E-state index in [-0.39, 0.29) is 12.4 Å². The van der Waals surface area contributed by atoms with Crippen LogP contribution in [0.15, 0.2) is 36.8 Å². The highest BCUT2D eigenvalue weighted by Gasteiger charge is 2.15. The van der Waals surface area contributed by atoms with E-state index in [1.165, 1.54) is 25.1 Å². The molecular formula is C22H28N6O3. The molecule has 9 heteroatoms. The number of nitrogens with zero attached hydrogens (tertiary/aromatic N) is 3. The van der Waals surface area contributed by atoms with Crippen LogP contribution < -0.4 is 15.4 Å². The molecule has 1 unspecified atom stereocenters. The molecule has 3 rings (SSSR count). The summed E-state index contributed by atoms with van der Waals surface area (Å²) in [7, 11) is 1.47. The highest BCUT2D eigenvalue weighted by molar-refractivity contribution is 5.92.